The quantitative estimate of drug-likeness (QED) is 0.755. The van der Waals surface area contributed by atoms with Gasteiger partial charge in [-0.3, -0.25) is 4.79 Å². The van der Waals surface area contributed by atoms with Crippen molar-refractivity contribution in [3.05, 3.63) is 53.5 Å². The van der Waals surface area contributed by atoms with Crippen LogP contribution in [0.5, 0.6) is 0 Å². The monoisotopic (exact) mass is 325 g/mol. The number of carbonyl (C=O) groups is 1. The first kappa shape index (κ1) is 15.0. The van der Waals surface area contributed by atoms with Gasteiger partial charge in [0.1, 0.15) is 5.76 Å². The maximum atomic E-state index is 12.1. The van der Waals surface area contributed by atoms with E-state index in [1.165, 1.54) is 0 Å². The predicted octanol–water partition coefficient (Wildman–Crippen LogP) is 2.51. The smallest absolute Gasteiger partial charge is 0.273 e. The molecule has 4 rings (SSSR count). The topological polar surface area (TPSA) is 80.3 Å². The summed E-state index contributed by atoms with van der Waals surface area (Å²) in [5.41, 5.74) is 2.14. The van der Waals surface area contributed by atoms with Crippen molar-refractivity contribution >= 4 is 16.8 Å². The zero-order chi connectivity index (χ0) is 16.7. The predicted molar refractivity (Wildman–Crippen MR) is 88.7 cm³/mol. The van der Waals surface area contributed by atoms with E-state index >= 15 is 0 Å². The highest BCUT2D eigenvalue weighted by molar-refractivity contribution is 5.92. The molecule has 1 aliphatic carbocycles. The Bertz CT molecular complexity index is 892. The van der Waals surface area contributed by atoms with Crippen LogP contribution in [0, 0.1) is 0 Å². The molecular weight excluding hydrogens is 306 g/mol. The lowest BCUT2D eigenvalue weighted by molar-refractivity contribution is 0.0907. The van der Waals surface area contributed by atoms with E-state index in [-0.39, 0.29) is 18.1 Å². The Labute approximate surface area is 139 Å². The molecule has 1 fully saturated rings. The molecule has 1 unspecified atom stereocenters. The summed E-state index contributed by atoms with van der Waals surface area (Å²) in [5.74, 6) is 0.864. The number of amides is 1. The van der Waals surface area contributed by atoms with Crippen LogP contribution in [0.3, 0.4) is 0 Å². The number of benzene rings is 1. The van der Waals surface area contributed by atoms with Crippen LogP contribution in [0.25, 0.3) is 10.9 Å². The molecule has 24 heavy (non-hydrogen) atoms. The van der Waals surface area contributed by atoms with E-state index in [0.29, 0.717) is 5.92 Å². The Kier molecular flexibility index (Phi) is 3.61. The maximum Gasteiger partial charge on any atom is 0.273 e. The van der Waals surface area contributed by atoms with Crippen molar-refractivity contribution in [1.29, 1.82) is 0 Å². The van der Waals surface area contributed by atoms with Gasteiger partial charge in [-0.05, 0) is 42.0 Å². The van der Waals surface area contributed by atoms with E-state index in [9.17, 15) is 9.90 Å². The molecule has 1 amide bonds. The van der Waals surface area contributed by atoms with Crippen LogP contribution in [0.15, 0.2) is 41.1 Å². The van der Waals surface area contributed by atoms with E-state index in [2.05, 4.69) is 10.5 Å². The molecule has 0 radical (unpaired) electrons. The number of nitrogens with one attached hydrogen (secondary N) is 1. The normalized spacial score (nSPS) is 15.6. The summed E-state index contributed by atoms with van der Waals surface area (Å²) in [5, 5.41) is 17.9. The van der Waals surface area contributed by atoms with Crippen molar-refractivity contribution in [1.82, 2.24) is 15.0 Å². The molecule has 1 atom stereocenters. The molecule has 124 valence electrons. The third-order valence-electron chi connectivity index (χ3n) is 4.49. The first-order valence-electron chi connectivity index (χ1n) is 8.09. The summed E-state index contributed by atoms with van der Waals surface area (Å²) >= 11 is 0. The standard InChI is InChI=1S/C18H19N3O3/c1-21-7-6-12-8-13(4-5-15(12)21)16(22)10-19-18(23)14-9-17(24-20-14)11-2-3-11/h4-9,11,16,22H,2-3,10H2,1H3,(H,19,23). The Hall–Kier alpha value is -2.60. The molecular formula is C18H19N3O3. The lowest BCUT2D eigenvalue weighted by atomic mass is 10.1. The average molecular weight is 325 g/mol. The van der Waals surface area contributed by atoms with Gasteiger partial charge in [-0.25, -0.2) is 0 Å². The molecule has 2 aromatic heterocycles. The van der Waals surface area contributed by atoms with E-state index in [4.69, 9.17) is 4.52 Å². The molecule has 2 N–H and O–H groups in total. The minimum Gasteiger partial charge on any atom is -0.387 e. The Morgan fingerprint density at radius 1 is 1.42 bits per heavy atom. The van der Waals surface area contributed by atoms with Crippen molar-refractivity contribution in [3.8, 4) is 0 Å². The van der Waals surface area contributed by atoms with Gasteiger partial charge >= 0.3 is 0 Å². The van der Waals surface area contributed by atoms with Gasteiger partial charge in [0.05, 0.1) is 6.10 Å². The van der Waals surface area contributed by atoms with Crippen LogP contribution in [-0.2, 0) is 7.05 Å². The zero-order valence-electron chi connectivity index (χ0n) is 13.4. The fourth-order valence-corrected chi connectivity index (χ4v) is 2.86. The van der Waals surface area contributed by atoms with Gasteiger partial charge in [0.15, 0.2) is 5.69 Å². The summed E-state index contributed by atoms with van der Waals surface area (Å²) in [6.07, 6.45) is 3.40. The fourth-order valence-electron chi connectivity index (χ4n) is 2.86. The highest BCUT2D eigenvalue weighted by atomic mass is 16.5. The van der Waals surface area contributed by atoms with Crippen LogP contribution < -0.4 is 5.32 Å². The maximum absolute atomic E-state index is 12.1. The minimum atomic E-state index is -0.770. The Morgan fingerprint density at radius 2 is 2.25 bits per heavy atom. The molecule has 2 heterocycles. The second kappa shape index (κ2) is 5.79. The van der Waals surface area contributed by atoms with Crippen molar-refractivity contribution in [2.24, 2.45) is 7.05 Å². The molecule has 1 aromatic carbocycles. The number of aromatic nitrogens is 2. The van der Waals surface area contributed by atoms with Crippen LogP contribution in [0.1, 0.15) is 46.7 Å². The number of nitrogens with zero attached hydrogens (tertiary/aromatic N) is 2. The fraction of sp³-hybridized carbons (Fsp3) is 0.333. The molecule has 0 bridgehead atoms. The summed E-state index contributed by atoms with van der Waals surface area (Å²) in [7, 11) is 1.98. The molecule has 1 saturated carbocycles. The molecule has 1 aliphatic rings. The van der Waals surface area contributed by atoms with Gasteiger partial charge in [-0.2, -0.15) is 0 Å². The third-order valence-corrected chi connectivity index (χ3v) is 4.49. The van der Waals surface area contributed by atoms with E-state index in [0.717, 1.165) is 35.1 Å². The number of aliphatic hydroxyl groups excluding tert-OH is 1. The van der Waals surface area contributed by atoms with Crippen molar-refractivity contribution in [2.75, 3.05) is 6.54 Å². The second-order valence-electron chi connectivity index (χ2n) is 6.36. The first-order chi connectivity index (χ1) is 11.6. The van der Waals surface area contributed by atoms with Crippen LogP contribution in [-0.4, -0.2) is 27.3 Å². The third kappa shape index (κ3) is 2.80. The molecule has 0 aliphatic heterocycles. The summed E-state index contributed by atoms with van der Waals surface area (Å²) < 4.78 is 7.20. The number of hydrogen-bond donors (Lipinski definition) is 2. The minimum absolute atomic E-state index is 0.128. The molecule has 6 heteroatoms. The number of hydrogen-bond acceptors (Lipinski definition) is 4. The van der Waals surface area contributed by atoms with Gasteiger partial charge in [0.25, 0.3) is 5.91 Å². The van der Waals surface area contributed by atoms with Crippen LogP contribution in [0.2, 0.25) is 0 Å². The summed E-state index contributed by atoms with van der Waals surface area (Å²) in [4.78, 5) is 12.1. The van der Waals surface area contributed by atoms with E-state index in [1.54, 1.807) is 6.07 Å². The largest absolute Gasteiger partial charge is 0.387 e. The van der Waals surface area contributed by atoms with Crippen molar-refractivity contribution in [2.45, 2.75) is 24.9 Å². The second-order valence-corrected chi connectivity index (χ2v) is 6.36. The number of aliphatic hydroxyl groups is 1. The van der Waals surface area contributed by atoms with Gasteiger partial charge in [-0.15, -0.1) is 0 Å². The van der Waals surface area contributed by atoms with Crippen molar-refractivity contribution in [3.63, 3.8) is 0 Å². The number of rotatable bonds is 5. The van der Waals surface area contributed by atoms with Gasteiger partial charge in [-0.1, -0.05) is 11.2 Å². The average Bonchev–Trinajstić information content (AvgIpc) is 3.21. The van der Waals surface area contributed by atoms with Crippen LogP contribution in [0.4, 0.5) is 0 Å². The lowest BCUT2D eigenvalue weighted by Gasteiger charge is -2.12. The molecule has 0 saturated heterocycles. The summed E-state index contributed by atoms with van der Waals surface area (Å²) in [6, 6.07) is 9.47. The Morgan fingerprint density at radius 3 is 3.04 bits per heavy atom. The van der Waals surface area contributed by atoms with Crippen molar-refractivity contribution < 1.29 is 14.4 Å². The van der Waals surface area contributed by atoms with Crippen LogP contribution >= 0.6 is 0 Å². The highest BCUT2D eigenvalue weighted by Crippen LogP contribution is 2.40. The Balaban J connectivity index is 1.40. The van der Waals surface area contributed by atoms with E-state index in [1.807, 2.05) is 42.1 Å². The molecule has 6 nitrogen and oxygen atoms in total. The lowest BCUT2D eigenvalue weighted by Crippen LogP contribution is -2.28. The molecule has 3 aromatic rings. The number of fused-ring (bicyclic) bond motifs is 1. The van der Waals surface area contributed by atoms with Gasteiger partial charge in [0.2, 0.25) is 0 Å². The first-order valence-corrected chi connectivity index (χ1v) is 8.09. The summed E-state index contributed by atoms with van der Waals surface area (Å²) in [6.45, 7) is 0.128. The number of aryl methyl sites for hydroxylation is 1. The zero-order valence-corrected chi connectivity index (χ0v) is 13.4. The van der Waals surface area contributed by atoms with E-state index < -0.39 is 6.10 Å². The van der Waals surface area contributed by atoms with Gasteiger partial charge in [0, 0.05) is 37.3 Å². The van der Waals surface area contributed by atoms with Gasteiger partial charge < -0.3 is 19.5 Å². The molecule has 0 spiro atoms. The highest BCUT2D eigenvalue weighted by Gasteiger charge is 2.28. The number of carbonyl (C=O) groups excluding carboxylic acids is 1. The SMILES string of the molecule is Cn1ccc2cc(C(O)CNC(=O)c3cc(C4CC4)on3)ccc21.